The molecular formula is C56H49O2P3Rh. The Balaban J connectivity index is 0.000000167. The Kier molecular flexibility index (Phi) is 20.4. The van der Waals surface area contributed by atoms with Gasteiger partial charge in [-0.2, -0.15) is 0 Å². The van der Waals surface area contributed by atoms with Crippen molar-refractivity contribution in [2.45, 2.75) is 6.92 Å². The quantitative estimate of drug-likeness (QED) is 0.116. The van der Waals surface area contributed by atoms with Gasteiger partial charge in [0.15, 0.2) is 0 Å². The summed E-state index contributed by atoms with van der Waals surface area (Å²) in [4.78, 5) is 9.00. The maximum absolute atomic E-state index is 9.00. The zero-order valence-corrected chi connectivity index (χ0v) is 38.8. The number of hydrogen-bond acceptors (Lipinski definition) is 1. The average molecular weight is 950 g/mol. The van der Waals surface area contributed by atoms with Gasteiger partial charge < -0.3 is 5.11 Å². The number of hydrogen-bond donors (Lipinski definition) is 1. The molecule has 309 valence electrons. The van der Waals surface area contributed by atoms with Crippen LogP contribution < -0.4 is 47.7 Å². The fraction of sp³-hybridized carbons (Fsp3) is 0.0179. The molecule has 9 aromatic rings. The fourth-order valence-electron chi connectivity index (χ4n) is 6.54. The molecule has 62 heavy (non-hydrogen) atoms. The summed E-state index contributed by atoms with van der Waals surface area (Å²) in [5, 5.41) is 20.0. The number of aliphatic carboxylic acids is 1. The first-order valence-corrected chi connectivity index (χ1v) is 24.2. The fourth-order valence-corrected chi connectivity index (χ4v) is 13.5. The number of benzene rings is 9. The first-order valence-electron chi connectivity index (χ1n) is 20.1. The van der Waals surface area contributed by atoms with E-state index >= 15 is 0 Å². The van der Waals surface area contributed by atoms with Crippen LogP contribution in [0.1, 0.15) is 6.92 Å². The van der Waals surface area contributed by atoms with Gasteiger partial charge >= 0.3 is 0 Å². The Morgan fingerprint density at radius 3 is 0.419 bits per heavy atom. The van der Waals surface area contributed by atoms with Crippen molar-refractivity contribution in [1.29, 1.82) is 0 Å². The molecule has 1 N–H and O–H groups in total. The predicted octanol–water partition coefficient (Wildman–Crippen LogP) is 10.4. The standard InChI is InChI=1S/3C18H15P.C2H4O2.Rh/c3*1-4-10-16(11-5-1)19(17-12-6-2-7-13-17)18-14-8-3-9-15-18;1-2(3)4;/h3*1-15H;1H3,(H,3,4);. The predicted molar refractivity (Wildman–Crippen MR) is 269 cm³/mol. The third-order valence-electron chi connectivity index (χ3n) is 9.13. The summed E-state index contributed by atoms with van der Waals surface area (Å²) >= 11 is 0. The second kappa shape index (κ2) is 26.6. The minimum Gasteiger partial charge on any atom is -0.481 e. The first-order chi connectivity index (χ1) is 30.1. The van der Waals surface area contributed by atoms with Crippen molar-refractivity contribution < 1.29 is 29.4 Å². The van der Waals surface area contributed by atoms with E-state index in [1.54, 1.807) is 0 Å². The van der Waals surface area contributed by atoms with Crippen molar-refractivity contribution in [2.75, 3.05) is 0 Å². The molecule has 1 radical (unpaired) electrons. The van der Waals surface area contributed by atoms with Gasteiger partial charge in [0.05, 0.1) is 0 Å². The van der Waals surface area contributed by atoms with Crippen LogP contribution >= 0.6 is 23.8 Å². The maximum atomic E-state index is 9.00. The molecule has 0 saturated carbocycles. The molecule has 0 aliphatic carbocycles. The van der Waals surface area contributed by atoms with Crippen molar-refractivity contribution in [3.8, 4) is 0 Å². The van der Waals surface area contributed by atoms with Crippen LogP contribution in [-0.2, 0) is 24.3 Å². The molecule has 0 aromatic heterocycles. The number of carboxylic acid groups (broad SMARTS) is 1. The van der Waals surface area contributed by atoms with Gasteiger partial charge in [-0.25, -0.2) is 0 Å². The van der Waals surface area contributed by atoms with Crippen LogP contribution in [0, 0.1) is 0 Å². The number of carbonyl (C=O) groups is 1. The van der Waals surface area contributed by atoms with Gasteiger partial charge in [0, 0.05) is 26.4 Å². The smallest absolute Gasteiger partial charge is 0.300 e. The third kappa shape index (κ3) is 14.8. The molecule has 0 bridgehead atoms. The van der Waals surface area contributed by atoms with Crippen LogP contribution in [0.15, 0.2) is 273 Å². The van der Waals surface area contributed by atoms with Crippen LogP contribution in [0.4, 0.5) is 0 Å². The summed E-state index contributed by atoms with van der Waals surface area (Å²) in [7, 11) is -1.34. The largest absolute Gasteiger partial charge is 0.481 e. The molecule has 2 nitrogen and oxygen atoms in total. The summed E-state index contributed by atoms with van der Waals surface area (Å²) in [6, 6.07) is 97.0. The Labute approximate surface area is 384 Å². The molecule has 0 saturated heterocycles. The maximum Gasteiger partial charge on any atom is 0.300 e. The summed E-state index contributed by atoms with van der Waals surface area (Å²) in [5.74, 6) is -0.833. The van der Waals surface area contributed by atoms with Crippen LogP contribution in [0.3, 0.4) is 0 Å². The molecule has 9 rings (SSSR count). The molecule has 0 aliphatic heterocycles. The Morgan fingerprint density at radius 2 is 0.339 bits per heavy atom. The molecule has 0 amide bonds. The topological polar surface area (TPSA) is 37.3 Å². The summed E-state index contributed by atoms with van der Waals surface area (Å²) in [6.45, 7) is 1.08. The van der Waals surface area contributed by atoms with E-state index in [4.69, 9.17) is 9.90 Å². The van der Waals surface area contributed by atoms with Crippen molar-refractivity contribution in [3.63, 3.8) is 0 Å². The van der Waals surface area contributed by atoms with E-state index in [9.17, 15) is 0 Å². The first kappa shape index (κ1) is 47.4. The van der Waals surface area contributed by atoms with Gasteiger partial charge in [-0.3, -0.25) is 4.79 Å². The van der Waals surface area contributed by atoms with Gasteiger partial charge in [-0.05, 0) is 71.5 Å². The molecule has 0 atom stereocenters. The van der Waals surface area contributed by atoms with Crippen LogP contribution in [0.25, 0.3) is 0 Å². The Hall–Kier alpha value is -5.64. The van der Waals surface area contributed by atoms with Gasteiger partial charge in [0.1, 0.15) is 0 Å². The minimum atomic E-state index is -0.833. The summed E-state index contributed by atoms with van der Waals surface area (Å²) in [5.41, 5.74) is 0. The molecule has 9 aromatic carbocycles. The van der Waals surface area contributed by atoms with Gasteiger partial charge in [-0.15, -0.1) is 0 Å². The van der Waals surface area contributed by atoms with Crippen LogP contribution in [0.5, 0.6) is 0 Å². The molecule has 0 unspecified atom stereocenters. The molecule has 0 heterocycles. The molecule has 0 spiro atoms. The molecule has 0 fully saturated rings. The van der Waals surface area contributed by atoms with Crippen molar-refractivity contribution >= 4 is 77.5 Å². The summed E-state index contributed by atoms with van der Waals surface area (Å²) in [6.07, 6.45) is 0. The Morgan fingerprint density at radius 1 is 0.258 bits per heavy atom. The third-order valence-corrected chi connectivity index (χ3v) is 16.5. The molecule has 6 heteroatoms. The summed E-state index contributed by atoms with van der Waals surface area (Å²) < 4.78 is 0. The average Bonchev–Trinajstić information content (AvgIpc) is 3.33. The van der Waals surface area contributed by atoms with E-state index in [2.05, 4.69) is 273 Å². The van der Waals surface area contributed by atoms with E-state index in [1.165, 1.54) is 47.7 Å². The van der Waals surface area contributed by atoms with Gasteiger partial charge in [0.25, 0.3) is 5.97 Å². The molecule has 0 aliphatic rings. The molecular weight excluding hydrogens is 900 g/mol. The second-order valence-electron chi connectivity index (χ2n) is 13.5. The van der Waals surface area contributed by atoms with Gasteiger partial charge in [-0.1, -0.05) is 273 Å². The normalized spacial score (nSPS) is 10.1. The Bertz CT molecular complexity index is 1970. The van der Waals surface area contributed by atoms with Crippen LogP contribution in [0.2, 0.25) is 0 Å². The minimum absolute atomic E-state index is 0. The van der Waals surface area contributed by atoms with Crippen LogP contribution in [-0.4, -0.2) is 11.1 Å². The van der Waals surface area contributed by atoms with E-state index in [0.717, 1.165) is 6.92 Å². The number of carboxylic acids is 1. The zero-order valence-electron chi connectivity index (χ0n) is 34.5. The monoisotopic (exact) mass is 949 g/mol. The SMILES string of the molecule is CC(=O)O.[Rh].c1ccc(P(c2ccccc2)c2ccccc2)cc1.c1ccc(P(c2ccccc2)c2ccccc2)cc1.c1ccc(P(c2ccccc2)c2ccccc2)cc1. The zero-order chi connectivity index (χ0) is 42.3. The van der Waals surface area contributed by atoms with Crippen molar-refractivity contribution in [1.82, 2.24) is 0 Å². The second-order valence-corrected chi connectivity index (χ2v) is 20.2. The van der Waals surface area contributed by atoms with E-state index < -0.39 is 29.7 Å². The van der Waals surface area contributed by atoms with E-state index in [1.807, 2.05) is 0 Å². The van der Waals surface area contributed by atoms with E-state index in [-0.39, 0.29) is 19.5 Å². The number of rotatable bonds is 9. The van der Waals surface area contributed by atoms with Crippen molar-refractivity contribution in [2.24, 2.45) is 0 Å². The van der Waals surface area contributed by atoms with Crippen molar-refractivity contribution in [3.05, 3.63) is 273 Å². The van der Waals surface area contributed by atoms with E-state index in [0.29, 0.717) is 0 Å². The van der Waals surface area contributed by atoms with Gasteiger partial charge in [0.2, 0.25) is 0 Å².